The number of thioether (sulfide) groups is 2. The van der Waals surface area contributed by atoms with Crippen molar-refractivity contribution in [1.82, 2.24) is 19.6 Å². The number of oxime groups is 1. The highest BCUT2D eigenvalue weighted by atomic mass is 32.2. The third-order valence-corrected chi connectivity index (χ3v) is 13.2. The lowest BCUT2D eigenvalue weighted by atomic mass is 9.77. The first-order valence-corrected chi connectivity index (χ1v) is 20.4. The van der Waals surface area contributed by atoms with Gasteiger partial charge in [0.25, 0.3) is 17.4 Å². The maximum atomic E-state index is 13.8. The average Bonchev–Trinajstić information content (AvgIpc) is 3.84. The molecule has 3 aromatic carbocycles. The first-order valence-electron chi connectivity index (χ1n) is 16.7. The molecule has 292 valence electrons. The molecule has 57 heavy (non-hydrogen) atoms. The number of aliphatic carboxylic acids is 1. The summed E-state index contributed by atoms with van der Waals surface area (Å²) in [6.45, 7) is -3.39. The summed E-state index contributed by atoms with van der Waals surface area (Å²) in [7, 11) is 0. The molecule has 0 aliphatic carbocycles. The minimum atomic E-state index is -3.39. The van der Waals surface area contributed by atoms with Gasteiger partial charge in [0.15, 0.2) is 16.4 Å². The number of rotatable bonds is 15. The van der Waals surface area contributed by atoms with E-state index < -0.39 is 64.2 Å². The van der Waals surface area contributed by atoms with Crippen LogP contribution in [0, 0.1) is 0 Å². The van der Waals surface area contributed by atoms with Crippen molar-refractivity contribution in [2.75, 3.05) is 16.8 Å². The summed E-state index contributed by atoms with van der Waals surface area (Å²) in [5.74, 6) is -4.68. The monoisotopic (exact) mass is 850 g/mol. The molecule has 2 aliphatic heterocycles. The molecule has 4 heterocycles. The molecule has 1 unspecified atom stereocenters. The SMILES string of the molecule is O=C(O)C1=C(CSc2s[nH]c(=O)c2C(=O)O)CS[C@@H]2C(NC(=O)/C(=N/OC(F)F)c3csc(NC(c4ccccc4)(c4ccccc4)c4ccccc4)n3)C(=O)N12. The number of benzene rings is 3. The van der Waals surface area contributed by atoms with E-state index in [1.165, 1.54) is 5.38 Å². The number of carbonyl (C=O) groups excluding carboxylic acids is 2. The van der Waals surface area contributed by atoms with Gasteiger partial charge in [0, 0.05) is 16.9 Å². The third kappa shape index (κ3) is 7.80. The molecule has 0 saturated carbocycles. The summed E-state index contributed by atoms with van der Waals surface area (Å²) in [6.07, 6.45) is 0. The smallest absolute Gasteiger partial charge is 0.407 e. The minimum Gasteiger partial charge on any atom is -0.477 e. The van der Waals surface area contributed by atoms with Gasteiger partial charge < -0.3 is 25.7 Å². The van der Waals surface area contributed by atoms with Crippen LogP contribution in [0.15, 0.2) is 122 Å². The number of carbonyl (C=O) groups is 4. The lowest BCUT2D eigenvalue weighted by molar-refractivity contribution is -0.150. The molecule has 2 amide bonds. The Morgan fingerprint density at radius 3 is 2.11 bits per heavy atom. The Bertz CT molecular complexity index is 2350. The molecule has 0 radical (unpaired) electrons. The van der Waals surface area contributed by atoms with Gasteiger partial charge in [0.2, 0.25) is 0 Å². The molecule has 0 spiro atoms. The lowest BCUT2D eigenvalue weighted by Gasteiger charge is -2.49. The topological polar surface area (TPSA) is 203 Å². The predicted molar refractivity (Wildman–Crippen MR) is 211 cm³/mol. The van der Waals surface area contributed by atoms with Gasteiger partial charge in [-0.25, -0.2) is 14.6 Å². The maximum Gasteiger partial charge on any atom is 0.407 e. The number of hydrogen-bond donors (Lipinski definition) is 5. The van der Waals surface area contributed by atoms with Crippen LogP contribution in [0.25, 0.3) is 0 Å². The molecule has 7 rings (SSSR count). The number of alkyl halides is 2. The Morgan fingerprint density at radius 2 is 1.56 bits per heavy atom. The van der Waals surface area contributed by atoms with E-state index in [0.29, 0.717) is 0 Å². The van der Waals surface area contributed by atoms with Crippen LogP contribution in [0.2, 0.25) is 0 Å². The molecular weight excluding hydrogens is 823 g/mol. The number of nitrogens with one attached hydrogen (secondary N) is 3. The van der Waals surface area contributed by atoms with E-state index >= 15 is 0 Å². The second-order valence-corrected chi connectivity index (χ2v) is 16.2. The van der Waals surface area contributed by atoms with Gasteiger partial charge in [0.1, 0.15) is 28.3 Å². The van der Waals surface area contributed by atoms with E-state index in [1.807, 2.05) is 91.0 Å². The van der Waals surface area contributed by atoms with Crippen LogP contribution < -0.4 is 16.2 Å². The normalized spacial score (nSPS) is 16.9. The van der Waals surface area contributed by atoms with Crippen molar-refractivity contribution < 1.29 is 43.0 Å². The van der Waals surface area contributed by atoms with Gasteiger partial charge in [-0.15, -0.1) is 34.9 Å². The van der Waals surface area contributed by atoms with Crippen LogP contribution in [0.1, 0.15) is 32.7 Å². The molecular formula is C37H28F2N6O8S4. The summed E-state index contributed by atoms with van der Waals surface area (Å²) in [5.41, 5.74) is -0.542. The predicted octanol–water partition coefficient (Wildman–Crippen LogP) is 5.47. The quantitative estimate of drug-likeness (QED) is 0.0293. The average molecular weight is 851 g/mol. The number of aromatic carboxylic acids is 1. The summed E-state index contributed by atoms with van der Waals surface area (Å²) in [6, 6.07) is 27.5. The van der Waals surface area contributed by atoms with Crippen molar-refractivity contribution in [1.29, 1.82) is 0 Å². The van der Waals surface area contributed by atoms with Crippen LogP contribution in [-0.4, -0.2) is 83.5 Å². The summed E-state index contributed by atoms with van der Waals surface area (Å²) < 4.78 is 29.1. The maximum absolute atomic E-state index is 13.8. The molecule has 2 aromatic heterocycles. The Labute approximate surface area is 337 Å². The van der Waals surface area contributed by atoms with Crippen molar-refractivity contribution >= 4 is 81.0 Å². The van der Waals surface area contributed by atoms with E-state index in [2.05, 4.69) is 30.0 Å². The van der Waals surface area contributed by atoms with Crippen LogP contribution in [0.4, 0.5) is 13.9 Å². The highest BCUT2D eigenvalue weighted by Gasteiger charge is 2.54. The molecule has 1 fully saturated rings. The molecule has 2 aliphatic rings. The zero-order chi connectivity index (χ0) is 40.3. The van der Waals surface area contributed by atoms with Gasteiger partial charge in [-0.3, -0.25) is 23.7 Å². The first kappa shape index (κ1) is 39.4. The molecule has 5 N–H and O–H groups in total. The zero-order valence-corrected chi connectivity index (χ0v) is 32.2. The Hall–Kier alpha value is -5.83. The number of H-pyrrole nitrogens is 1. The number of β-lactam (4-membered cyclic amide) rings is 1. The van der Waals surface area contributed by atoms with Gasteiger partial charge in [0.05, 0.1) is 4.21 Å². The Balaban J connectivity index is 1.14. The largest absolute Gasteiger partial charge is 0.477 e. The number of nitrogens with zero attached hydrogens (tertiary/aromatic N) is 3. The first-order chi connectivity index (χ1) is 27.5. The van der Waals surface area contributed by atoms with Crippen molar-refractivity contribution in [2.24, 2.45) is 5.16 Å². The zero-order valence-electron chi connectivity index (χ0n) is 29.0. The van der Waals surface area contributed by atoms with Crippen LogP contribution in [0.5, 0.6) is 0 Å². The van der Waals surface area contributed by atoms with E-state index in [0.717, 1.165) is 68.0 Å². The van der Waals surface area contributed by atoms with E-state index in [-0.39, 0.29) is 37.8 Å². The molecule has 5 aromatic rings. The number of halogens is 2. The highest BCUT2D eigenvalue weighted by molar-refractivity contribution is 8.02. The molecule has 1 saturated heterocycles. The number of carboxylic acids is 2. The lowest BCUT2D eigenvalue weighted by Crippen LogP contribution is -2.71. The summed E-state index contributed by atoms with van der Waals surface area (Å²) >= 11 is 3.95. The number of hydrogen-bond acceptors (Lipinski definition) is 13. The number of aromatic amines is 1. The Kier molecular flexibility index (Phi) is 11.6. The fraction of sp³-hybridized carbons (Fsp3) is 0.162. The minimum absolute atomic E-state index is 0.0434. The van der Waals surface area contributed by atoms with Crippen molar-refractivity contribution in [2.45, 2.75) is 27.8 Å². The molecule has 0 bridgehead atoms. The molecule has 14 nitrogen and oxygen atoms in total. The second kappa shape index (κ2) is 16.7. The summed E-state index contributed by atoms with van der Waals surface area (Å²) in [4.78, 5) is 72.9. The number of thiazole rings is 1. The van der Waals surface area contributed by atoms with Gasteiger partial charge >= 0.3 is 18.6 Å². The summed E-state index contributed by atoms with van der Waals surface area (Å²) in [5, 5.41) is 29.8. The number of aromatic nitrogens is 2. The molecule has 2 atom stereocenters. The second-order valence-electron chi connectivity index (χ2n) is 12.2. The van der Waals surface area contributed by atoms with Crippen molar-refractivity contribution in [3.8, 4) is 0 Å². The fourth-order valence-corrected chi connectivity index (χ4v) is 10.6. The molecule has 20 heteroatoms. The number of amides is 2. The van der Waals surface area contributed by atoms with Gasteiger partial charge in [-0.1, -0.05) is 108 Å². The number of fused-ring (bicyclic) bond motifs is 1. The van der Waals surface area contributed by atoms with E-state index in [1.54, 1.807) is 0 Å². The van der Waals surface area contributed by atoms with E-state index in [4.69, 9.17) is 0 Å². The van der Waals surface area contributed by atoms with Crippen LogP contribution in [-0.2, 0) is 24.8 Å². The third-order valence-electron chi connectivity index (χ3n) is 8.90. The van der Waals surface area contributed by atoms with E-state index in [9.17, 15) is 43.0 Å². The number of carboxylic acid groups (broad SMARTS) is 2. The van der Waals surface area contributed by atoms with Crippen molar-refractivity contribution in [3.05, 3.63) is 146 Å². The van der Waals surface area contributed by atoms with Crippen LogP contribution >= 0.6 is 46.4 Å². The Morgan fingerprint density at radius 1 is 0.965 bits per heavy atom. The fourth-order valence-electron chi connectivity index (χ4n) is 6.41. The van der Waals surface area contributed by atoms with Gasteiger partial charge in [-0.05, 0) is 22.3 Å². The van der Waals surface area contributed by atoms with Crippen molar-refractivity contribution in [3.63, 3.8) is 0 Å². The highest BCUT2D eigenvalue weighted by Crippen LogP contribution is 2.43. The van der Waals surface area contributed by atoms with Gasteiger partial charge in [-0.2, -0.15) is 8.78 Å². The standard InChI is InChI=1S/C37H28F2N6O8S4/c38-35(39)53-43-25(23-18-56-36(40-23)42-37(20-10-4-1-5-11-20,21-12-6-2-7-13-21)22-14-8-3-9-15-22)29(47)41-26-30(48)45-27(33(51)52)19(16-54-31(26)45)17-55-34-24(32(49)50)28(46)44-57-34/h1-15,18,26,31,35H,16-17H2,(H,40,42)(H,41,47)(H,44,46)(H,49,50)(H,51,52)/b43-25+/t26?,31-/m1/s1. The number of anilines is 1. The van der Waals surface area contributed by atoms with Crippen LogP contribution in [0.3, 0.4) is 0 Å².